The summed E-state index contributed by atoms with van der Waals surface area (Å²) in [6.07, 6.45) is 16.8. The lowest BCUT2D eigenvalue weighted by atomic mass is 9.82. The van der Waals surface area contributed by atoms with Crippen LogP contribution < -0.4 is 19.6 Å². The maximum absolute atomic E-state index is 2.45. The van der Waals surface area contributed by atoms with E-state index in [0.717, 1.165) is 52.4 Å². The number of hydrogen-bond acceptors (Lipinski definition) is 3. The van der Waals surface area contributed by atoms with Crippen LogP contribution in [0.3, 0.4) is 0 Å². The lowest BCUT2D eigenvalue weighted by molar-refractivity contribution is -0.908. The van der Waals surface area contributed by atoms with Crippen LogP contribution in [0.15, 0.2) is 115 Å². The van der Waals surface area contributed by atoms with Crippen molar-refractivity contribution in [3.63, 3.8) is 0 Å². The maximum atomic E-state index is 2.45. The van der Waals surface area contributed by atoms with Gasteiger partial charge < -0.3 is 19.6 Å². The van der Waals surface area contributed by atoms with E-state index in [1.54, 1.807) is 4.90 Å². The molecule has 0 aliphatic heterocycles. The van der Waals surface area contributed by atoms with E-state index in [-0.39, 0.29) is 5.92 Å². The molecule has 0 heterocycles. The maximum Gasteiger partial charge on any atom is 0.125 e. The summed E-state index contributed by atoms with van der Waals surface area (Å²) in [4.78, 5) is 8.82. The third-order valence-corrected chi connectivity index (χ3v) is 10.5. The number of likely N-dealkylation sites (N-methyl/N-ethyl adjacent to an activating group) is 1. The van der Waals surface area contributed by atoms with Crippen LogP contribution in [0.25, 0.3) is 5.57 Å². The second kappa shape index (κ2) is 19.2. The Bertz CT molecular complexity index is 1430. The van der Waals surface area contributed by atoms with Crippen molar-refractivity contribution in [3.8, 4) is 0 Å². The molecule has 262 valence electrons. The molecular weight excluding hydrogens is 597 g/mol. The number of quaternary nitrogens is 1. The molecule has 0 bridgehead atoms. The summed E-state index contributed by atoms with van der Waals surface area (Å²) in [5.74, 6) is 0.541. The lowest BCUT2D eigenvalue weighted by Crippen LogP contribution is -3.14. The summed E-state index contributed by atoms with van der Waals surface area (Å²) >= 11 is 0. The first-order chi connectivity index (χ1) is 23.9. The largest absolute Gasteiger partial charge is 0.372 e. The van der Waals surface area contributed by atoms with E-state index in [4.69, 9.17) is 0 Å². The van der Waals surface area contributed by atoms with Gasteiger partial charge >= 0.3 is 0 Å². The zero-order valence-corrected chi connectivity index (χ0v) is 31.7. The smallest absolute Gasteiger partial charge is 0.125 e. The Balaban J connectivity index is 1.74. The molecule has 0 radical (unpaired) electrons. The third kappa shape index (κ3) is 9.57. The summed E-state index contributed by atoms with van der Waals surface area (Å²) in [5.41, 5.74) is 8.90. The number of allylic oxidation sites excluding steroid dienone is 5. The predicted molar refractivity (Wildman–Crippen MR) is 217 cm³/mol. The van der Waals surface area contributed by atoms with E-state index in [2.05, 4.69) is 185 Å². The molecule has 4 nitrogen and oxygen atoms in total. The highest BCUT2D eigenvalue weighted by Crippen LogP contribution is 2.33. The first-order valence-corrected chi connectivity index (χ1v) is 19.1. The van der Waals surface area contributed by atoms with Crippen LogP contribution in [0.4, 0.5) is 17.1 Å². The van der Waals surface area contributed by atoms with Gasteiger partial charge in [-0.3, -0.25) is 0 Å². The molecule has 1 atom stereocenters. The van der Waals surface area contributed by atoms with Gasteiger partial charge in [0.25, 0.3) is 0 Å². The fourth-order valence-corrected chi connectivity index (χ4v) is 7.33. The average Bonchev–Trinajstić information content (AvgIpc) is 3.15. The fourth-order valence-electron chi connectivity index (χ4n) is 7.33. The molecule has 0 saturated carbocycles. The van der Waals surface area contributed by atoms with Crippen LogP contribution in [-0.2, 0) is 0 Å². The highest BCUT2D eigenvalue weighted by atomic mass is 15.1. The molecule has 1 aliphatic rings. The van der Waals surface area contributed by atoms with Crippen LogP contribution in [0.5, 0.6) is 0 Å². The van der Waals surface area contributed by atoms with Gasteiger partial charge in [-0.15, -0.1) is 0 Å². The minimum atomic E-state index is 0.235. The van der Waals surface area contributed by atoms with Gasteiger partial charge in [-0.05, 0) is 126 Å². The summed E-state index contributed by atoms with van der Waals surface area (Å²) in [6, 6.07) is 28.0. The lowest BCUT2D eigenvalue weighted by Gasteiger charge is -2.28. The molecule has 49 heavy (non-hydrogen) atoms. The van der Waals surface area contributed by atoms with E-state index in [1.165, 1.54) is 39.3 Å². The number of nitrogens with one attached hydrogen (secondary N) is 1. The van der Waals surface area contributed by atoms with Crippen molar-refractivity contribution in [1.29, 1.82) is 0 Å². The number of hydrogen-bond donors (Lipinski definition) is 1. The first-order valence-electron chi connectivity index (χ1n) is 19.1. The minimum Gasteiger partial charge on any atom is -0.372 e. The van der Waals surface area contributed by atoms with Crippen LogP contribution in [0.2, 0.25) is 0 Å². The van der Waals surface area contributed by atoms with Crippen molar-refractivity contribution in [2.24, 2.45) is 5.92 Å². The zero-order valence-electron chi connectivity index (χ0n) is 31.7. The second-order valence-corrected chi connectivity index (χ2v) is 12.9. The third-order valence-electron chi connectivity index (χ3n) is 10.5. The molecule has 1 aliphatic carbocycles. The predicted octanol–water partition coefficient (Wildman–Crippen LogP) is 9.03. The Kier molecular flexibility index (Phi) is 14.8. The summed E-state index contributed by atoms with van der Waals surface area (Å²) in [7, 11) is 0. The van der Waals surface area contributed by atoms with Crippen molar-refractivity contribution in [1.82, 2.24) is 0 Å². The van der Waals surface area contributed by atoms with Gasteiger partial charge in [0.15, 0.2) is 0 Å². The van der Waals surface area contributed by atoms with Crippen LogP contribution in [0, 0.1) is 5.92 Å². The average molecular weight is 660 g/mol. The minimum absolute atomic E-state index is 0.235. The number of rotatable bonds is 18. The summed E-state index contributed by atoms with van der Waals surface area (Å²) in [5, 5.41) is 0. The molecule has 0 saturated heterocycles. The zero-order chi connectivity index (χ0) is 35.2. The number of benzene rings is 3. The molecule has 0 aromatic heterocycles. The fraction of sp³-hybridized carbons (Fsp3) is 0.422. The van der Waals surface area contributed by atoms with Gasteiger partial charge in [-0.2, -0.15) is 0 Å². The number of anilines is 3. The van der Waals surface area contributed by atoms with Crippen LogP contribution >= 0.6 is 0 Å². The summed E-state index contributed by atoms with van der Waals surface area (Å²) < 4.78 is 0. The first kappa shape index (κ1) is 37.8. The Morgan fingerprint density at radius 2 is 0.939 bits per heavy atom. The van der Waals surface area contributed by atoms with Gasteiger partial charge in [0.05, 0.1) is 13.1 Å². The van der Waals surface area contributed by atoms with Gasteiger partial charge in [-0.25, -0.2) is 0 Å². The Hall–Kier alpha value is -4.02. The van der Waals surface area contributed by atoms with E-state index in [0.29, 0.717) is 12.0 Å². The molecule has 0 amide bonds. The van der Waals surface area contributed by atoms with E-state index < -0.39 is 0 Å². The number of nitrogens with zero attached hydrogens (tertiary/aromatic N) is 3. The molecular formula is C45H63N4+. The molecule has 3 aromatic carbocycles. The van der Waals surface area contributed by atoms with Gasteiger partial charge in [0.2, 0.25) is 0 Å². The van der Waals surface area contributed by atoms with E-state index >= 15 is 0 Å². The van der Waals surface area contributed by atoms with Crippen LogP contribution in [0.1, 0.15) is 78.0 Å². The second-order valence-electron chi connectivity index (χ2n) is 12.9. The van der Waals surface area contributed by atoms with Crippen LogP contribution in [-0.4, -0.2) is 58.4 Å². The Morgan fingerprint density at radius 1 is 0.551 bits per heavy atom. The molecule has 0 fully saturated rings. The van der Waals surface area contributed by atoms with Gasteiger partial charge in [0, 0.05) is 68.2 Å². The highest BCUT2D eigenvalue weighted by Gasteiger charge is 2.23. The van der Waals surface area contributed by atoms with Crippen molar-refractivity contribution in [2.75, 3.05) is 67.1 Å². The quantitative estimate of drug-likeness (QED) is 0.108. The monoisotopic (exact) mass is 660 g/mol. The van der Waals surface area contributed by atoms with Crippen molar-refractivity contribution in [3.05, 3.63) is 132 Å². The standard InChI is InChI=1S/C45H62N4/c1-9-46(10-2)40-28-20-36(21-29-40)44(37-22-30-41(31-23-37)47(11-3)12-4)18-17-19-45(38-24-32-42(33-25-38)48(13-5)14-6)39-26-34-43(35-27-39)49(15-7)16-8/h17-36,40,44H,9-16H2,1-8H3/p+1/b18-17+. The molecule has 4 heteroatoms. The van der Waals surface area contributed by atoms with Gasteiger partial charge in [-0.1, -0.05) is 66.8 Å². The Labute approximate surface area is 299 Å². The van der Waals surface area contributed by atoms with Crippen molar-refractivity contribution >= 4 is 22.6 Å². The molecule has 1 unspecified atom stereocenters. The molecule has 1 N–H and O–H groups in total. The topological polar surface area (TPSA) is 14.2 Å². The SMILES string of the molecule is CCN(CC)c1ccc(C(=C/C=C/C(c2ccc(N(CC)CC)cc2)C2C=CC([NH+](CC)CC)C=C2)c2ccc(N(CC)CC)cc2)cc1. The Morgan fingerprint density at radius 3 is 1.31 bits per heavy atom. The normalized spacial score (nSPS) is 16.3. The van der Waals surface area contributed by atoms with E-state index in [1.807, 2.05) is 0 Å². The van der Waals surface area contributed by atoms with E-state index in [9.17, 15) is 0 Å². The molecule has 0 spiro atoms. The molecule has 4 rings (SSSR count). The summed E-state index contributed by atoms with van der Waals surface area (Å²) in [6.45, 7) is 26.2. The van der Waals surface area contributed by atoms with Crippen molar-refractivity contribution in [2.45, 2.75) is 67.3 Å². The van der Waals surface area contributed by atoms with Gasteiger partial charge in [0.1, 0.15) is 6.04 Å². The molecule has 3 aromatic rings. The highest BCUT2D eigenvalue weighted by molar-refractivity contribution is 5.82. The van der Waals surface area contributed by atoms with Crippen molar-refractivity contribution < 1.29 is 4.90 Å².